The van der Waals surface area contributed by atoms with E-state index in [0.717, 1.165) is 6.07 Å². The van der Waals surface area contributed by atoms with Crippen molar-refractivity contribution in [2.75, 3.05) is 25.6 Å². The van der Waals surface area contributed by atoms with Gasteiger partial charge < -0.3 is 14.5 Å². The van der Waals surface area contributed by atoms with Crippen LogP contribution in [0.5, 0.6) is 5.75 Å². The van der Waals surface area contributed by atoms with Crippen LogP contribution in [0.25, 0.3) is 16.6 Å². The molecule has 0 bridgehead atoms. The summed E-state index contributed by atoms with van der Waals surface area (Å²) in [5.41, 5.74) is -0.283. The van der Waals surface area contributed by atoms with Gasteiger partial charge in [-0.3, -0.25) is 14.2 Å². The molecule has 5 rings (SSSR count). The van der Waals surface area contributed by atoms with Crippen molar-refractivity contribution in [1.29, 1.82) is 0 Å². The third kappa shape index (κ3) is 7.11. The molecule has 8 nitrogen and oxygen atoms in total. The van der Waals surface area contributed by atoms with Gasteiger partial charge in [0, 0.05) is 25.9 Å². The van der Waals surface area contributed by atoms with Crippen molar-refractivity contribution in [3.05, 3.63) is 124 Å². The smallest absolute Gasteiger partial charge is 0.419 e. The number of ether oxygens (including phenoxy) is 1. The summed E-state index contributed by atoms with van der Waals surface area (Å²) < 4.78 is 61.7. The summed E-state index contributed by atoms with van der Waals surface area (Å²) in [6, 6.07) is 18.9. The maximum atomic E-state index is 14.2. The van der Waals surface area contributed by atoms with E-state index < -0.39 is 35.9 Å². The Hall–Kier alpha value is -5.26. The molecule has 47 heavy (non-hydrogen) atoms. The topological polar surface area (TPSA) is 80.6 Å². The van der Waals surface area contributed by atoms with Crippen LogP contribution in [0, 0.1) is 5.82 Å². The molecular weight excluding hydrogens is 614 g/mol. The molecule has 244 valence electrons. The van der Waals surface area contributed by atoms with Crippen LogP contribution < -0.4 is 15.2 Å². The molecule has 0 aliphatic rings. The molecule has 1 atom stereocenters. The Balaban J connectivity index is 1.66. The van der Waals surface area contributed by atoms with Gasteiger partial charge in [0.05, 0.1) is 47.8 Å². The van der Waals surface area contributed by atoms with E-state index in [9.17, 15) is 27.2 Å². The number of alkyl halides is 3. The first-order chi connectivity index (χ1) is 22.4. The fourth-order valence-electron chi connectivity index (χ4n) is 5.43. The van der Waals surface area contributed by atoms with Gasteiger partial charge >= 0.3 is 6.18 Å². The molecular formula is C35H33F4N5O3. The van der Waals surface area contributed by atoms with Crippen LogP contribution in [0.2, 0.25) is 0 Å². The Labute approximate surface area is 268 Å². The molecule has 0 aliphatic carbocycles. The number of rotatable bonds is 10. The molecule has 12 heteroatoms. The summed E-state index contributed by atoms with van der Waals surface area (Å²) >= 11 is 0. The Morgan fingerprint density at radius 1 is 1.00 bits per heavy atom. The number of hydrogen-bond donors (Lipinski definition) is 0. The van der Waals surface area contributed by atoms with Crippen molar-refractivity contribution in [2.45, 2.75) is 39.0 Å². The largest absolute Gasteiger partial charge is 0.494 e. The number of anilines is 1. The number of nitrogens with zero attached hydrogens (tertiary/aromatic N) is 5. The van der Waals surface area contributed by atoms with Gasteiger partial charge in [0.25, 0.3) is 5.56 Å². The van der Waals surface area contributed by atoms with Gasteiger partial charge in [-0.1, -0.05) is 24.3 Å². The van der Waals surface area contributed by atoms with Gasteiger partial charge in [-0.05, 0) is 74.0 Å². The Morgan fingerprint density at radius 3 is 2.40 bits per heavy atom. The van der Waals surface area contributed by atoms with Gasteiger partial charge in [-0.2, -0.15) is 13.2 Å². The molecule has 1 amide bonds. The van der Waals surface area contributed by atoms with E-state index in [-0.39, 0.29) is 23.5 Å². The number of pyridine rings is 1. The van der Waals surface area contributed by atoms with Crippen LogP contribution in [0.3, 0.4) is 0 Å². The van der Waals surface area contributed by atoms with E-state index in [1.165, 1.54) is 9.47 Å². The molecule has 2 aromatic heterocycles. The lowest BCUT2D eigenvalue weighted by molar-refractivity contribution is -0.140. The second-order valence-electron chi connectivity index (χ2n) is 11.1. The number of para-hydroxylation sites is 1. The molecule has 0 saturated heterocycles. The van der Waals surface area contributed by atoms with E-state index in [0.29, 0.717) is 52.5 Å². The van der Waals surface area contributed by atoms with Crippen LogP contribution in [-0.2, 0) is 23.9 Å². The lowest BCUT2D eigenvalue weighted by Gasteiger charge is -2.32. The van der Waals surface area contributed by atoms with Crippen LogP contribution in [0.15, 0.2) is 89.9 Å². The summed E-state index contributed by atoms with van der Waals surface area (Å²) in [7, 11) is 3.60. The van der Waals surface area contributed by atoms with Gasteiger partial charge in [0.15, 0.2) is 0 Å². The predicted octanol–water partition coefficient (Wildman–Crippen LogP) is 6.74. The number of amides is 1. The molecule has 5 aromatic rings. The van der Waals surface area contributed by atoms with Crippen LogP contribution >= 0.6 is 0 Å². The zero-order chi connectivity index (χ0) is 33.9. The first kappa shape index (κ1) is 33.1. The van der Waals surface area contributed by atoms with E-state index in [1.807, 2.05) is 6.92 Å². The second-order valence-corrected chi connectivity index (χ2v) is 11.1. The number of halogens is 4. The third-order valence-corrected chi connectivity index (χ3v) is 7.69. The summed E-state index contributed by atoms with van der Waals surface area (Å²) in [5.74, 6) is -0.573. The lowest BCUT2D eigenvalue weighted by atomic mass is 10.0. The highest BCUT2D eigenvalue weighted by Crippen LogP contribution is 2.33. The summed E-state index contributed by atoms with van der Waals surface area (Å²) in [6.45, 7) is 4.01. The molecule has 0 saturated carbocycles. The summed E-state index contributed by atoms with van der Waals surface area (Å²) in [6.07, 6.45) is -3.79. The molecule has 0 spiro atoms. The minimum atomic E-state index is -4.94. The number of fused-ring (bicyclic) bond motifs is 1. The van der Waals surface area contributed by atoms with Gasteiger partial charge in [-0.25, -0.2) is 14.4 Å². The summed E-state index contributed by atoms with van der Waals surface area (Å²) in [4.78, 5) is 40.7. The van der Waals surface area contributed by atoms with Crippen LogP contribution in [0.4, 0.5) is 23.4 Å². The van der Waals surface area contributed by atoms with Crippen molar-refractivity contribution in [3.8, 4) is 11.4 Å². The highest BCUT2D eigenvalue weighted by atomic mass is 19.4. The second kappa shape index (κ2) is 13.6. The molecule has 3 aromatic carbocycles. The molecule has 0 radical (unpaired) electrons. The Kier molecular flexibility index (Phi) is 9.59. The van der Waals surface area contributed by atoms with Crippen molar-refractivity contribution in [3.63, 3.8) is 0 Å². The maximum Gasteiger partial charge on any atom is 0.419 e. The van der Waals surface area contributed by atoms with E-state index in [2.05, 4.69) is 4.98 Å². The van der Waals surface area contributed by atoms with Gasteiger partial charge in [-0.15, -0.1) is 0 Å². The fraction of sp³-hybridized carbons (Fsp3) is 0.257. The maximum absolute atomic E-state index is 14.2. The normalized spacial score (nSPS) is 12.2. The van der Waals surface area contributed by atoms with Crippen LogP contribution in [-0.4, -0.2) is 46.0 Å². The van der Waals surface area contributed by atoms with Crippen molar-refractivity contribution in [2.24, 2.45) is 0 Å². The average Bonchev–Trinajstić information content (AvgIpc) is 3.04. The molecule has 0 fully saturated rings. The number of benzene rings is 3. The quantitative estimate of drug-likeness (QED) is 0.156. The first-order valence-corrected chi connectivity index (χ1v) is 14.9. The minimum Gasteiger partial charge on any atom is -0.494 e. The monoisotopic (exact) mass is 647 g/mol. The Morgan fingerprint density at radius 2 is 1.72 bits per heavy atom. The fourth-order valence-corrected chi connectivity index (χ4v) is 5.43. The highest BCUT2D eigenvalue weighted by Gasteiger charge is 2.35. The van der Waals surface area contributed by atoms with Crippen molar-refractivity contribution >= 4 is 22.6 Å². The molecule has 1 unspecified atom stereocenters. The summed E-state index contributed by atoms with van der Waals surface area (Å²) in [5, 5.41) is 0.364. The zero-order valence-corrected chi connectivity index (χ0v) is 26.3. The first-order valence-electron chi connectivity index (χ1n) is 14.9. The lowest BCUT2D eigenvalue weighted by Crippen LogP contribution is -2.38. The third-order valence-electron chi connectivity index (χ3n) is 7.69. The van der Waals surface area contributed by atoms with Crippen LogP contribution in [0.1, 0.15) is 42.4 Å². The SMILES string of the molecule is CCOc1ccc(-n2c(C(C)N(Cc3cccnc3N(C)C)C(=O)Cc3ccc(F)c(C(F)(F)F)c3)nc3ccccc3c2=O)cc1. The number of carbonyl (C=O) groups excluding carboxylic acids is 1. The van der Waals surface area contributed by atoms with E-state index in [1.54, 1.807) is 92.8 Å². The minimum absolute atomic E-state index is 0.0132. The highest BCUT2D eigenvalue weighted by molar-refractivity contribution is 5.80. The average molecular weight is 648 g/mol. The van der Waals surface area contributed by atoms with Gasteiger partial charge in [0.1, 0.15) is 23.2 Å². The predicted molar refractivity (Wildman–Crippen MR) is 171 cm³/mol. The number of carbonyl (C=O) groups is 1. The van der Waals surface area contributed by atoms with E-state index in [4.69, 9.17) is 9.72 Å². The van der Waals surface area contributed by atoms with Gasteiger partial charge in [0.2, 0.25) is 5.91 Å². The zero-order valence-electron chi connectivity index (χ0n) is 26.3. The number of aromatic nitrogens is 3. The number of hydrogen-bond acceptors (Lipinski definition) is 6. The molecule has 2 heterocycles. The van der Waals surface area contributed by atoms with E-state index >= 15 is 0 Å². The van der Waals surface area contributed by atoms with Crippen molar-refractivity contribution in [1.82, 2.24) is 19.4 Å². The van der Waals surface area contributed by atoms with Crippen molar-refractivity contribution < 1.29 is 27.1 Å². The molecule has 0 aliphatic heterocycles. The standard InChI is InChI=1S/C35H33F4N5O3/c1-5-47-26-15-13-25(14-16-26)44-32(41-30-11-7-6-10-27(30)34(44)46)22(2)43(21-24-9-8-18-40-33(24)42(3)4)31(45)20-23-12-17-29(36)28(19-23)35(37,38)39/h6-19,22H,5,20-21H2,1-4H3. The Bertz CT molecular complexity index is 1960. The molecule has 0 N–H and O–H groups in total.